The van der Waals surface area contributed by atoms with Gasteiger partial charge in [-0.1, -0.05) is 36.4 Å². The summed E-state index contributed by atoms with van der Waals surface area (Å²) in [7, 11) is 1.46. The van der Waals surface area contributed by atoms with Gasteiger partial charge in [0.25, 0.3) is 0 Å². The van der Waals surface area contributed by atoms with Gasteiger partial charge in [-0.25, -0.2) is 5.43 Å². The Kier molecular flexibility index (Phi) is 4.50. The molecule has 0 heterocycles. The zero-order valence-corrected chi connectivity index (χ0v) is 11.3. The molecule has 0 aliphatic rings. The molecule has 0 aliphatic heterocycles. The number of methoxy groups -OCH3 is 1. The Morgan fingerprint density at radius 3 is 2.14 bits per heavy atom. The van der Waals surface area contributed by atoms with Gasteiger partial charge in [-0.05, 0) is 17.7 Å². The maximum absolute atomic E-state index is 13.1. The van der Waals surface area contributed by atoms with Gasteiger partial charge in [0.15, 0.2) is 0 Å². The van der Waals surface area contributed by atoms with Gasteiger partial charge < -0.3 is 4.74 Å². The molecule has 0 spiro atoms. The summed E-state index contributed by atoms with van der Waals surface area (Å²) in [6, 6.07) is 11.3. The lowest BCUT2D eigenvalue weighted by molar-refractivity contribution is -0.138. The summed E-state index contributed by atoms with van der Waals surface area (Å²) in [5.74, 6) is 5.97. The number of halogens is 3. The maximum Gasteiger partial charge on any atom is 0.416 e. The van der Waals surface area contributed by atoms with Crippen molar-refractivity contribution in [3.63, 3.8) is 0 Å². The first-order valence-corrected chi connectivity index (χ1v) is 6.24. The fourth-order valence-corrected chi connectivity index (χ4v) is 2.26. The van der Waals surface area contributed by atoms with Crippen LogP contribution in [-0.4, -0.2) is 7.11 Å². The second kappa shape index (κ2) is 6.15. The fourth-order valence-electron chi connectivity index (χ4n) is 2.26. The molecule has 0 saturated heterocycles. The van der Waals surface area contributed by atoms with Gasteiger partial charge in [0.2, 0.25) is 0 Å². The number of ether oxygens (including phenoxy) is 1. The minimum absolute atomic E-state index is 0.0528. The summed E-state index contributed by atoms with van der Waals surface area (Å²) >= 11 is 0. The van der Waals surface area contributed by atoms with E-state index in [1.807, 2.05) is 0 Å². The SMILES string of the molecule is COc1ccccc1C(NN)c1ccccc1C(F)(F)F. The molecule has 21 heavy (non-hydrogen) atoms. The molecule has 6 heteroatoms. The average molecular weight is 296 g/mol. The minimum atomic E-state index is -4.45. The molecule has 1 atom stereocenters. The molecule has 0 aromatic heterocycles. The van der Waals surface area contributed by atoms with Crippen molar-refractivity contribution < 1.29 is 17.9 Å². The molecule has 3 nitrogen and oxygen atoms in total. The number of para-hydroxylation sites is 1. The highest BCUT2D eigenvalue weighted by Gasteiger charge is 2.35. The van der Waals surface area contributed by atoms with Crippen LogP contribution in [0.2, 0.25) is 0 Å². The first kappa shape index (κ1) is 15.3. The van der Waals surface area contributed by atoms with Crippen molar-refractivity contribution in [1.29, 1.82) is 0 Å². The number of hydrogen-bond donors (Lipinski definition) is 2. The zero-order chi connectivity index (χ0) is 15.5. The first-order chi connectivity index (χ1) is 9.99. The van der Waals surface area contributed by atoms with Crippen LogP contribution in [0.4, 0.5) is 13.2 Å². The largest absolute Gasteiger partial charge is 0.496 e. The number of hydrogen-bond acceptors (Lipinski definition) is 3. The summed E-state index contributed by atoms with van der Waals surface area (Å²) < 4.78 is 44.6. The minimum Gasteiger partial charge on any atom is -0.496 e. The van der Waals surface area contributed by atoms with Crippen LogP contribution in [0.1, 0.15) is 22.7 Å². The lowest BCUT2D eigenvalue weighted by Gasteiger charge is -2.23. The standard InChI is InChI=1S/C15H15F3N2O/c1-21-13-9-5-3-7-11(13)14(20-19)10-6-2-4-8-12(10)15(16,17)18/h2-9,14,20H,19H2,1H3. The van der Waals surface area contributed by atoms with E-state index in [0.29, 0.717) is 11.3 Å². The van der Waals surface area contributed by atoms with Gasteiger partial charge in [0, 0.05) is 5.56 Å². The Hall–Kier alpha value is -2.05. The van der Waals surface area contributed by atoms with Crippen LogP contribution < -0.4 is 16.0 Å². The third kappa shape index (κ3) is 3.17. The Balaban J connectivity index is 2.58. The van der Waals surface area contributed by atoms with E-state index in [1.165, 1.54) is 19.2 Å². The molecule has 2 aromatic rings. The van der Waals surface area contributed by atoms with Gasteiger partial charge >= 0.3 is 6.18 Å². The molecule has 0 aliphatic carbocycles. The van der Waals surface area contributed by atoms with Gasteiger partial charge in [-0.15, -0.1) is 0 Å². The summed E-state index contributed by atoms with van der Waals surface area (Å²) in [6.07, 6.45) is -4.45. The first-order valence-electron chi connectivity index (χ1n) is 6.24. The zero-order valence-electron chi connectivity index (χ0n) is 11.3. The predicted molar refractivity (Wildman–Crippen MR) is 73.6 cm³/mol. The molecule has 1 unspecified atom stereocenters. The van der Waals surface area contributed by atoms with Gasteiger partial charge in [-0.3, -0.25) is 5.84 Å². The van der Waals surface area contributed by atoms with Crippen molar-refractivity contribution in [1.82, 2.24) is 5.43 Å². The molecular weight excluding hydrogens is 281 g/mol. The van der Waals surface area contributed by atoms with E-state index in [0.717, 1.165) is 6.07 Å². The monoisotopic (exact) mass is 296 g/mol. The normalized spacial score (nSPS) is 13.0. The van der Waals surface area contributed by atoms with Crippen molar-refractivity contribution >= 4 is 0 Å². The van der Waals surface area contributed by atoms with Crippen molar-refractivity contribution in [2.24, 2.45) is 5.84 Å². The van der Waals surface area contributed by atoms with E-state index >= 15 is 0 Å². The number of rotatable bonds is 4. The lowest BCUT2D eigenvalue weighted by Crippen LogP contribution is -2.31. The summed E-state index contributed by atoms with van der Waals surface area (Å²) in [5.41, 5.74) is 2.31. The number of nitrogens with two attached hydrogens (primary N) is 1. The second-order valence-corrected chi connectivity index (χ2v) is 4.43. The number of hydrazine groups is 1. The molecular formula is C15H15F3N2O. The van der Waals surface area contributed by atoms with Crippen molar-refractivity contribution in [2.45, 2.75) is 12.2 Å². The van der Waals surface area contributed by atoms with E-state index in [2.05, 4.69) is 5.43 Å². The van der Waals surface area contributed by atoms with Crippen LogP contribution >= 0.6 is 0 Å². The maximum atomic E-state index is 13.1. The summed E-state index contributed by atoms with van der Waals surface area (Å²) in [6.45, 7) is 0. The van der Waals surface area contributed by atoms with Gasteiger partial charge in [0.05, 0.1) is 18.7 Å². The van der Waals surface area contributed by atoms with Crippen molar-refractivity contribution in [3.8, 4) is 5.75 Å². The molecule has 0 saturated carbocycles. The van der Waals surface area contributed by atoms with Gasteiger partial charge in [0.1, 0.15) is 5.75 Å². The fraction of sp³-hybridized carbons (Fsp3) is 0.200. The molecule has 0 radical (unpaired) electrons. The van der Waals surface area contributed by atoms with Crippen LogP contribution in [-0.2, 0) is 6.18 Å². The van der Waals surface area contributed by atoms with E-state index in [9.17, 15) is 13.2 Å². The lowest BCUT2D eigenvalue weighted by atomic mass is 9.94. The molecule has 2 aromatic carbocycles. The highest BCUT2D eigenvalue weighted by Crippen LogP contribution is 2.38. The molecule has 0 amide bonds. The van der Waals surface area contributed by atoms with Crippen LogP contribution in [0.5, 0.6) is 5.75 Å². The van der Waals surface area contributed by atoms with Crippen LogP contribution in [0, 0.1) is 0 Å². The van der Waals surface area contributed by atoms with Crippen LogP contribution in [0.3, 0.4) is 0 Å². The van der Waals surface area contributed by atoms with E-state index in [-0.39, 0.29) is 5.56 Å². The highest BCUT2D eigenvalue weighted by atomic mass is 19.4. The number of nitrogens with one attached hydrogen (secondary N) is 1. The van der Waals surface area contributed by atoms with Crippen molar-refractivity contribution in [2.75, 3.05) is 7.11 Å². The second-order valence-electron chi connectivity index (χ2n) is 4.43. The number of alkyl halides is 3. The van der Waals surface area contributed by atoms with Crippen LogP contribution in [0.25, 0.3) is 0 Å². The van der Waals surface area contributed by atoms with Crippen LogP contribution in [0.15, 0.2) is 48.5 Å². The summed E-state index contributed by atoms with van der Waals surface area (Å²) in [5, 5.41) is 0. The molecule has 0 bridgehead atoms. The number of benzene rings is 2. The van der Waals surface area contributed by atoms with E-state index < -0.39 is 17.8 Å². The van der Waals surface area contributed by atoms with Crippen molar-refractivity contribution in [3.05, 3.63) is 65.2 Å². The Morgan fingerprint density at radius 2 is 1.57 bits per heavy atom. The third-order valence-corrected chi connectivity index (χ3v) is 3.19. The van der Waals surface area contributed by atoms with E-state index in [4.69, 9.17) is 10.6 Å². The van der Waals surface area contributed by atoms with Gasteiger partial charge in [-0.2, -0.15) is 13.2 Å². The smallest absolute Gasteiger partial charge is 0.416 e. The molecule has 0 fully saturated rings. The van der Waals surface area contributed by atoms with E-state index in [1.54, 1.807) is 30.3 Å². The highest BCUT2D eigenvalue weighted by molar-refractivity contribution is 5.44. The third-order valence-electron chi connectivity index (χ3n) is 3.19. The quantitative estimate of drug-likeness (QED) is 0.672. The Labute approximate surface area is 120 Å². The predicted octanol–water partition coefficient (Wildman–Crippen LogP) is 3.27. The Morgan fingerprint density at radius 1 is 1.00 bits per heavy atom. The average Bonchev–Trinajstić information content (AvgIpc) is 2.48. The molecule has 3 N–H and O–H groups in total. The topological polar surface area (TPSA) is 47.3 Å². The summed E-state index contributed by atoms with van der Waals surface area (Å²) in [4.78, 5) is 0. The molecule has 112 valence electrons. The Bertz CT molecular complexity index is 614. The molecule has 2 rings (SSSR count).